The van der Waals surface area contributed by atoms with Crippen molar-refractivity contribution < 1.29 is 9.50 Å². The quantitative estimate of drug-likeness (QED) is 0.792. The summed E-state index contributed by atoms with van der Waals surface area (Å²) in [6, 6.07) is 4.39. The SMILES string of the molecule is OC(Cc1ccc(F)cc1Cl)CC1CCCCCC1. The Morgan fingerprint density at radius 2 is 1.89 bits per heavy atom. The summed E-state index contributed by atoms with van der Waals surface area (Å²) in [6.45, 7) is 0. The monoisotopic (exact) mass is 284 g/mol. The standard InChI is InChI=1S/C16H22ClFO/c17-16-11-14(18)8-7-13(16)10-15(19)9-12-5-3-1-2-4-6-12/h7-8,11-12,15,19H,1-6,9-10H2. The van der Waals surface area contributed by atoms with Gasteiger partial charge in [0.15, 0.2) is 0 Å². The van der Waals surface area contributed by atoms with Gasteiger partial charge in [0, 0.05) is 5.02 Å². The minimum atomic E-state index is -0.369. The van der Waals surface area contributed by atoms with Gasteiger partial charge in [0.05, 0.1) is 6.10 Å². The van der Waals surface area contributed by atoms with E-state index >= 15 is 0 Å². The van der Waals surface area contributed by atoms with Crippen LogP contribution >= 0.6 is 11.6 Å². The second-order valence-corrected chi connectivity index (χ2v) is 6.09. The van der Waals surface area contributed by atoms with Gasteiger partial charge in [-0.15, -0.1) is 0 Å². The number of aliphatic hydroxyl groups is 1. The molecule has 1 fully saturated rings. The highest BCUT2D eigenvalue weighted by atomic mass is 35.5. The van der Waals surface area contributed by atoms with Crippen molar-refractivity contribution in [2.75, 3.05) is 0 Å². The van der Waals surface area contributed by atoms with Crippen LogP contribution in [0.25, 0.3) is 0 Å². The van der Waals surface area contributed by atoms with E-state index in [4.69, 9.17) is 11.6 Å². The van der Waals surface area contributed by atoms with Gasteiger partial charge in [0.25, 0.3) is 0 Å². The first-order valence-electron chi connectivity index (χ1n) is 7.27. The Hall–Kier alpha value is -0.600. The fourth-order valence-corrected chi connectivity index (χ4v) is 3.25. The Morgan fingerprint density at radius 1 is 1.21 bits per heavy atom. The topological polar surface area (TPSA) is 20.2 Å². The molecule has 1 unspecified atom stereocenters. The first-order chi connectivity index (χ1) is 9.15. The zero-order valence-electron chi connectivity index (χ0n) is 11.2. The molecule has 0 amide bonds. The maximum Gasteiger partial charge on any atom is 0.124 e. The van der Waals surface area contributed by atoms with Crippen molar-refractivity contribution in [3.05, 3.63) is 34.6 Å². The smallest absolute Gasteiger partial charge is 0.124 e. The molecule has 0 bridgehead atoms. The Kier molecular flexibility index (Phi) is 5.65. The van der Waals surface area contributed by atoms with Gasteiger partial charge in [-0.05, 0) is 36.5 Å². The molecular weight excluding hydrogens is 263 g/mol. The normalized spacial score (nSPS) is 19.1. The maximum atomic E-state index is 13.0. The highest BCUT2D eigenvalue weighted by Gasteiger charge is 2.17. The maximum absolute atomic E-state index is 13.0. The molecule has 106 valence electrons. The van der Waals surface area contributed by atoms with Crippen molar-refractivity contribution in [1.29, 1.82) is 0 Å². The molecule has 0 saturated heterocycles. The molecule has 0 aliphatic heterocycles. The van der Waals surface area contributed by atoms with Gasteiger partial charge in [-0.2, -0.15) is 0 Å². The third-order valence-corrected chi connectivity index (χ3v) is 4.40. The number of rotatable bonds is 4. The van der Waals surface area contributed by atoms with Crippen LogP contribution in [0.1, 0.15) is 50.5 Å². The number of benzene rings is 1. The Bertz CT molecular complexity index is 400. The molecule has 0 aromatic heterocycles. The molecule has 1 aromatic rings. The van der Waals surface area contributed by atoms with Crippen molar-refractivity contribution in [3.63, 3.8) is 0 Å². The van der Waals surface area contributed by atoms with Gasteiger partial charge in [-0.3, -0.25) is 0 Å². The van der Waals surface area contributed by atoms with Gasteiger partial charge < -0.3 is 5.11 Å². The van der Waals surface area contributed by atoms with Crippen LogP contribution in [-0.4, -0.2) is 11.2 Å². The van der Waals surface area contributed by atoms with Crippen molar-refractivity contribution in [1.82, 2.24) is 0 Å². The van der Waals surface area contributed by atoms with Crippen LogP contribution in [0.15, 0.2) is 18.2 Å². The highest BCUT2D eigenvalue weighted by Crippen LogP contribution is 2.28. The molecule has 1 atom stereocenters. The molecule has 0 spiro atoms. The van der Waals surface area contributed by atoms with E-state index in [1.54, 1.807) is 6.07 Å². The number of aliphatic hydroxyl groups excluding tert-OH is 1. The second kappa shape index (κ2) is 7.25. The van der Waals surface area contributed by atoms with Crippen molar-refractivity contribution in [3.8, 4) is 0 Å². The van der Waals surface area contributed by atoms with Crippen LogP contribution in [0.5, 0.6) is 0 Å². The lowest BCUT2D eigenvalue weighted by Crippen LogP contribution is -2.16. The average molecular weight is 285 g/mol. The Balaban J connectivity index is 1.87. The molecule has 3 heteroatoms. The predicted molar refractivity (Wildman–Crippen MR) is 76.9 cm³/mol. The van der Waals surface area contributed by atoms with E-state index in [1.807, 2.05) is 0 Å². The predicted octanol–water partition coefficient (Wildman–Crippen LogP) is 4.74. The Morgan fingerprint density at radius 3 is 2.53 bits per heavy atom. The van der Waals surface area contributed by atoms with Crippen LogP contribution in [-0.2, 0) is 6.42 Å². The van der Waals surface area contributed by atoms with E-state index in [2.05, 4.69) is 0 Å². The Labute approximate surface area is 119 Å². The summed E-state index contributed by atoms with van der Waals surface area (Å²) >= 11 is 5.99. The summed E-state index contributed by atoms with van der Waals surface area (Å²) in [7, 11) is 0. The molecule has 1 aliphatic rings. The van der Waals surface area contributed by atoms with Gasteiger partial charge in [0.2, 0.25) is 0 Å². The minimum Gasteiger partial charge on any atom is -0.393 e. The van der Waals surface area contributed by atoms with Crippen LogP contribution in [0.2, 0.25) is 5.02 Å². The first-order valence-corrected chi connectivity index (χ1v) is 7.65. The molecule has 0 heterocycles. The molecule has 19 heavy (non-hydrogen) atoms. The van der Waals surface area contributed by atoms with E-state index in [1.165, 1.54) is 50.7 Å². The summed E-state index contributed by atoms with van der Waals surface area (Å²) in [5.74, 6) is 0.309. The van der Waals surface area contributed by atoms with E-state index < -0.39 is 0 Å². The molecule has 0 radical (unpaired) electrons. The average Bonchev–Trinajstić information content (AvgIpc) is 2.61. The summed E-state index contributed by atoms with van der Waals surface area (Å²) in [5.41, 5.74) is 0.837. The number of halogens is 2. The molecule has 2 rings (SSSR count). The van der Waals surface area contributed by atoms with Gasteiger partial charge >= 0.3 is 0 Å². The van der Waals surface area contributed by atoms with Gasteiger partial charge in [0.1, 0.15) is 5.82 Å². The van der Waals surface area contributed by atoms with Crippen LogP contribution in [0.3, 0.4) is 0 Å². The minimum absolute atomic E-state index is 0.327. The molecule has 1 aliphatic carbocycles. The number of hydrogen-bond donors (Lipinski definition) is 1. The summed E-state index contributed by atoms with van der Waals surface area (Å²) in [5, 5.41) is 10.6. The highest BCUT2D eigenvalue weighted by molar-refractivity contribution is 6.31. The van der Waals surface area contributed by atoms with Gasteiger partial charge in [-0.1, -0.05) is 56.2 Å². The van der Waals surface area contributed by atoms with Crippen LogP contribution in [0, 0.1) is 11.7 Å². The molecule has 1 saturated carbocycles. The van der Waals surface area contributed by atoms with Crippen LogP contribution < -0.4 is 0 Å². The first kappa shape index (κ1) is 14.8. The van der Waals surface area contributed by atoms with E-state index in [-0.39, 0.29) is 11.9 Å². The van der Waals surface area contributed by atoms with Crippen molar-refractivity contribution in [2.45, 2.75) is 57.5 Å². The number of hydrogen-bond acceptors (Lipinski definition) is 1. The van der Waals surface area contributed by atoms with Crippen molar-refractivity contribution in [2.24, 2.45) is 5.92 Å². The zero-order valence-corrected chi connectivity index (χ0v) is 12.0. The van der Waals surface area contributed by atoms with E-state index in [0.29, 0.717) is 17.4 Å². The molecule has 1 aromatic carbocycles. The lowest BCUT2D eigenvalue weighted by molar-refractivity contribution is 0.137. The molecule has 1 nitrogen and oxygen atoms in total. The third kappa shape index (κ3) is 4.77. The second-order valence-electron chi connectivity index (χ2n) is 5.69. The fourth-order valence-electron chi connectivity index (χ4n) is 3.01. The molecule has 1 N–H and O–H groups in total. The summed E-state index contributed by atoms with van der Waals surface area (Å²) < 4.78 is 13.0. The summed E-state index contributed by atoms with van der Waals surface area (Å²) in [6.07, 6.45) is 8.69. The van der Waals surface area contributed by atoms with Crippen molar-refractivity contribution >= 4 is 11.6 Å². The summed E-state index contributed by atoms with van der Waals surface area (Å²) in [4.78, 5) is 0. The van der Waals surface area contributed by atoms with E-state index in [0.717, 1.165) is 12.0 Å². The lowest BCUT2D eigenvalue weighted by Gasteiger charge is -2.19. The molecular formula is C16H22ClFO. The van der Waals surface area contributed by atoms with Crippen LogP contribution in [0.4, 0.5) is 4.39 Å². The van der Waals surface area contributed by atoms with Gasteiger partial charge in [-0.25, -0.2) is 4.39 Å². The zero-order chi connectivity index (χ0) is 13.7. The lowest BCUT2D eigenvalue weighted by atomic mass is 9.91. The fraction of sp³-hybridized carbons (Fsp3) is 0.625. The largest absolute Gasteiger partial charge is 0.393 e. The van der Waals surface area contributed by atoms with E-state index in [9.17, 15) is 9.50 Å². The third-order valence-electron chi connectivity index (χ3n) is 4.05.